The highest BCUT2D eigenvalue weighted by Crippen LogP contribution is 2.37. The lowest BCUT2D eigenvalue weighted by molar-refractivity contribution is 0.211. The summed E-state index contributed by atoms with van der Waals surface area (Å²) in [5.41, 5.74) is 0. The highest BCUT2D eigenvalue weighted by Gasteiger charge is 2.38. The first-order chi connectivity index (χ1) is 8.74. The van der Waals surface area contributed by atoms with E-state index in [1.807, 2.05) is 13.8 Å². The molecule has 0 aliphatic heterocycles. The van der Waals surface area contributed by atoms with Crippen molar-refractivity contribution < 1.29 is 4.43 Å². The molecule has 19 heavy (non-hydrogen) atoms. The van der Waals surface area contributed by atoms with E-state index in [1.54, 1.807) is 0 Å². The zero-order chi connectivity index (χ0) is 15.5. The number of hydrogen-bond acceptors (Lipinski definition) is 1. The quantitative estimate of drug-likeness (QED) is 0.292. The SMILES string of the molecule is C/C=C/[C@H](CCCCC)O[Si](C)(C)C(C)(C)C.CC. The molecule has 0 bridgehead atoms. The normalized spacial score (nSPS) is 14.2. The Bertz CT molecular complexity index is 226. The van der Waals surface area contributed by atoms with Crippen LogP contribution in [0.3, 0.4) is 0 Å². The number of hydrogen-bond donors (Lipinski definition) is 0. The predicted molar refractivity (Wildman–Crippen MR) is 92.4 cm³/mol. The third-order valence-corrected chi connectivity index (χ3v) is 8.26. The van der Waals surface area contributed by atoms with Gasteiger partial charge in [0.05, 0.1) is 6.10 Å². The van der Waals surface area contributed by atoms with E-state index in [-0.39, 0.29) is 0 Å². The molecule has 2 heteroatoms. The Balaban J connectivity index is 0. The van der Waals surface area contributed by atoms with Crippen LogP contribution in [0.2, 0.25) is 18.1 Å². The van der Waals surface area contributed by atoms with Crippen molar-refractivity contribution >= 4 is 8.32 Å². The van der Waals surface area contributed by atoms with E-state index in [0.717, 1.165) is 0 Å². The lowest BCUT2D eigenvalue weighted by atomic mass is 10.1. The van der Waals surface area contributed by atoms with Crippen LogP contribution in [0.25, 0.3) is 0 Å². The molecule has 0 aliphatic rings. The summed E-state index contributed by atoms with van der Waals surface area (Å²) in [6.07, 6.45) is 9.73. The Hall–Kier alpha value is -0.0831. The monoisotopic (exact) mass is 286 g/mol. The molecule has 116 valence electrons. The number of rotatable bonds is 7. The van der Waals surface area contributed by atoms with Crippen LogP contribution < -0.4 is 0 Å². The van der Waals surface area contributed by atoms with Crippen LogP contribution in [0.1, 0.15) is 74.1 Å². The Kier molecular flexibility index (Phi) is 11.9. The first-order valence-corrected chi connectivity index (χ1v) is 11.0. The molecule has 0 saturated heterocycles. The molecule has 0 saturated carbocycles. The summed E-state index contributed by atoms with van der Waals surface area (Å²) in [4.78, 5) is 0. The van der Waals surface area contributed by atoms with Crippen molar-refractivity contribution in [2.75, 3.05) is 0 Å². The van der Waals surface area contributed by atoms with Gasteiger partial charge in [-0.1, -0.05) is 73.0 Å². The van der Waals surface area contributed by atoms with E-state index in [0.29, 0.717) is 11.1 Å². The molecule has 0 N–H and O–H groups in total. The third kappa shape index (κ3) is 9.45. The fourth-order valence-corrected chi connectivity index (χ4v) is 2.87. The maximum absolute atomic E-state index is 6.44. The molecule has 0 aromatic rings. The smallest absolute Gasteiger partial charge is 0.192 e. The van der Waals surface area contributed by atoms with Crippen LogP contribution in [0, 0.1) is 0 Å². The minimum Gasteiger partial charge on any atom is -0.411 e. The highest BCUT2D eigenvalue weighted by atomic mass is 28.4. The minimum absolute atomic E-state index is 0.303. The van der Waals surface area contributed by atoms with Gasteiger partial charge in [-0.2, -0.15) is 0 Å². The van der Waals surface area contributed by atoms with Crippen molar-refractivity contribution in [2.24, 2.45) is 0 Å². The van der Waals surface area contributed by atoms with Gasteiger partial charge in [-0.15, -0.1) is 0 Å². The van der Waals surface area contributed by atoms with E-state index in [9.17, 15) is 0 Å². The molecule has 0 aromatic carbocycles. The molecular weight excluding hydrogens is 248 g/mol. The van der Waals surface area contributed by atoms with E-state index < -0.39 is 8.32 Å². The molecule has 0 spiro atoms. The fourth-order valence-electron chi connectivity index (χ4n) is 1.56. The molecule has 1 nitrogen and oxygen atoms in total. The average molecular weight is 287 g/mol. The van der Waals surface area contributed by atoms with Gasteiger partial charge < -0.3 is 4.43 Å². The second-order valence-electron chi connectivity index (χ2n) is 6.44. The Morgan fingerprint density at radius 2 is 1.63 bits per heavy atom. The molecule has 1 atom stereocenters. The second-order valence-corrected chi connectivity index (χ2v) is 11.2. The van der Waals surface area contributed by atoms with Crippen molar-refractivity contribution in [1.29, 1.82) is 0 Å². The van der Waals surface area contributed by atoms with E-state index in [1.165, 1.54) is 25.7 Å². The molecule has 0 radical (unpaired) electrons. The highest BCUT2D eigenvalue weighted by molar-refractivity contribution is 6.74. The zero-order valence-corrected chi connectivity index (χ0v) is 16.0. The summed E-state index contributed by atoms with van der Waals surface area (Å²) >= 11 is 0. The van der Waals surface area contributed by atoms with Gasteiger partial charge in [-0.3, -0.25) is 0 Å². The van der Waals surface area contributed by atoms with Crippen LogP contribution in [0.5, 0.6) is 0 Å². The van der Waals surface area contributed by atoms with Crippen molar-refractivity contribution in [3.8, 4) is 0 Å². The first kappa shape index (κ1) is 21.2. The summed E-state index contributed by atoms with van der Waals surface area (Å²) in [6.45, 7) is 19.9. The molecule has 0 fully saturated rings. The number of allylic oxidation sites excluding steroid dienone is 1. The Labute approximate surface area is 124 Å². The summed E-state index contributed by atoms with van der Waals surface area (Å²) in [6, 6.07) is 0. The van der Waals surface area contributed by atoms with E-state index in [4.69, 9.17) is 4.43 Å². The summed E-state index contributed by atoms with van der Waals surface area (Å²) < 4.78 is 6.44. The first-order valence-electron chi connectivity index (χ1n) is 8.05. The van der Waals surface area contributed by atoms with Gasteiger partial charge in [-0.05, 0) is 31.5 Å². The van der Waals surface area contributed by atoms with Gasteiger partial charge in [0.1, 0.15) is 0 Å². The predicted octanol–water partition coefficient (Wildman–Crippen LogP) is 6.56. The van der Waals surface area contributed by atoms with Gasteiger partial charge in [0.15, 0.2) is 8.32 Å². The molecular formula is C17H38OSi. The maximum Gasteiger partial charge on any atom is 0.192 e. The Morgan fingerprint density at radius 3 is 2.00 bits per heavy atom. The maximum atomic E-state index is 6.44. The lowest BCUT2D eigenvalue weighted by Gasteiger charge is -2.38. The van der Waals surface area contributed by atoms with Gasteiger partial charge in [0, 0.05) is 0 Å². The largest absolute Gasteiger partial charge is 0.411 e. The van der Waals surface area contributed by atoms with Gasteiger partial charge in [0.25, 0.3) is 0 Å². The summed E-state index contributed by atoms with van der Waals surface area (Å²) in [5, 5.41) is 0.303. The third-order valence-electron chi connectivity index (χ3n) is 3.75. The topological polar surface area (TPSA) is 9.23 Å². The Morgan fingerprint density at radius 1 is 1.11 bits per heavy atom. The van der Waals surface area contributed by atoms with Gasteiger partial charge >= 0.3 is 0 Å². The zero-order valence-electron chi connectivity index (χ0n) is 15.0. The molecule has 0 aromatic heterocycles. The van der Waals surface area contributed by atoms with E-state index in [2.05, 4.69) is 59.9 Å². The molecule has 0 aliphatic carbocycles. The van der Waals surface area contributed by atoms with Gasteiger partial charge in [-0.25, -0.2) is 0 Å². The summed E-state index contributed by atoms with van der Waals surface area (Å²) in [5.74, 6) is 0. The van der Waals surface area contributed by atoms with Crippen molar-refractivity contribution in [2.45, 2.75) is 98.4 Å². The van der Waals surface area contributed by atoms with Gasteiger partial charge in [0.2, 0.25) is 0 Å². The van der Waals surface area contributed by atoms with Crippen LogP contribution in [-0.4, -0.2) is 14.4 Å². The van der Waals surface area contributed by atoms with Crippen LogP contribution in [0.15, 0.2) is 12.2 Å². The van der Waals surface area contributed by atoms with Crippen LogP contribution in [-0.2, 0) is 4.43 Å². The van der Waals surface area contributed by atoms with Crippen LogP contribution in [0.4, 0.5) is 0 Å². The fraction of sp³-hybridized carbons (Fsp3) is 0.882. The molecule has 0 unspecified atom stereocenters. The molecule has 0 heterocycles. The average Bonchev–Trinajstić information content (AvgIpc) is 2.30. The minimum atomic E-state index is -1.62. The molecule has 0 amide bonds. The molecule has 0 rings (SSSR count). The standard InChI is InChI=1S/C15H32OSi.C2H6/c1-8-10-11-13-14(12-9-2)16-17(6,7)15(3,4)5;1-2/h9,12,14H,8,10-11,13H2,1-7H3;1-2H3/b12-9+;/t14-;/m1./s1. The number of unbranched alkanes of at least 4 members (excludes halogenated alkanes) is 2. The second kappa shape index (κ2) is 10.7. The van der Waals surface area contributed by atoms with E-state index >= 15 is 0 Å². The van der Waals surface area contributed by atoms with Crippen molar-refractivity contribution in [1.82, 2.24) is 0 Å². The summed E-state index contributed by atoms with van der Waals surface area (Å²) in [7, 11) is -1.62. The van der Waals surface area contributed by atoms with Crippen molar-refractivity contribution in [3.05, 3.63) is 12.2 Å². The lowest BCUT2D eigenvalue weighted by Crippen LogP contribution is -2.43. The van der Waals surface area contributed by atoms with Crippen LogP contribution >= 0.6 is 0 Å². The van der Waals surface area contributed by atoms with Crippen molar-refractivity contribution in [3.63, 3.8) is 0 Å².